The summed E-state index contributed by atoms with van der Waals surface area (Å²) in [5.74, 6) is -0.175. The molecule has 0 fully saturated rings. The van der Waals surface area contributed by atoms with Crippen LogP contribution in [0, 0.1) is 11.3 Å². The number of benzene rings is 1. The fraction of sp³-hybridized carbons (Fsp3) is 0.696. The maximum Gasteiger partial charge on any atom is 0.139 e. The molecule has 4 heteroatoms. The van der Waals surface area contributed by atoms with Gasteiger partial charge in [0.2, 0.25) is 0 Å². The lowest BCUT2D eigenvalue weighted by Gasteiger charge is -2.41. The van der Waals surface area contributed by atoms with Crippen molar-refractivity contribution in [2.45, 2.75) is 91.3 Å². The van der Waals surface area contributed by atoms with Gasteiger partial charge in [-0.2, -0.15) is 0 Å². The summed E-state index contributed by atoms with van der Waals surface area (Å²) in [4.78, 5) is 13.1. The Labute approximate surface area is 165 Å². The van der Waals surface area contributed by atoms with E-state index in [0.29, 0.717) is 6.42 Å². The summed E-state index contributed by atoms with van der Waals surface area (Å²) in [6.45, 7) is 14.4. The van der Waals surface area contributed by atoms with Crippen LogP contribution < -0.4 is 11.5 Å². The highest BCUT2D eigenvalue weighted by atomic mass is 16.3. The third-order valence-electron chi connectivity index (χ3n) is 5.53. The molecule has 0 saturated carbocycles. The Balaban J connectivity index is 3.31. The Morgan fingerprint density at radius 1 is 1.07 bits per heavy atom. The molecule has 154 valence electrons. The van der Waals surface area contributed by atoms with E-state index < -0.39 is 17.2 Å². The lowest BCUT2D eigenvalue weighted by atomic mass is 9.67. The minimum absolute atomic E-state index is 0.0319. The van der Waals surface area contributed by atoms with Crippen LogP contribution in [0.5, 0.6) is 0 Å². The molecule has 2 atom stereocenters. The van der Waals surface area contributed by atoms with Crippen molar-refractivity contribution >= 4 is 5.78 Å². The van der Waals surface area contributed by atoms with Crippen LogP contribution in [0.15, 0.2) is 24.3 Å². The Morgan fingerprint density at radius 3 is 2.07 bits per heavy atom. The van der Waals surface area contributed by atoms with Gasteiger partial charge in [0.15, 0.2) is 0 Å². The Bertz CT molecular complexity index is 626. The van der Waals surface area contributed by atoms with Crippen molar-refractivity contribution in [3.63, 3.8) is 0 Å². The van der Waals surface area contributed by atoms with E-state index in [1.165, 1.54) is 0 Å². The van der Waals surface area contributed by atoms with E-state index in [1.807, 2.05) is 45.9 Å². The standard InChI is InChI=1S/C23H40N2O2/c1-8-10-16(13-20(24)25)19(26)15-23(27,22(5,6)7)18-12-9-11-17(14-18)21(2,3)4/h9,11-12,14,16,20,27H,8,10,13,15,24-25H2,1-7H3. The molecule has 2 unspecified atom stereocenters. The van der Waals surface area contributed by atoms with Crippen LogP contribution in [0.2, 0.25) is 0 Å². The third-order valence-corrected chi connectivity index (χ3v) is 5.53. The minimum atomic E-state index is -1.25. The fourth-order valence-electron chi connectivity index (χ4n) is 3.53. The van der Waals surface area contributed by atoms with E-state index in [2.05, 4.69) is 26.8 Å². The summed E-state index contributed by atoms with van der Waals surface area (Å²) in [7, 11) is 0. The topological polar surface area (TPSA) is 89.3 Å². The lowest BCUT2D eigenvalue weighted by molar-refractivity contribution is -0.136. The molecule has 5 N–H and O–H groups in total. The first-order valence-corrected chi connectivity index (χ1v) is 10.1. The molecule has 0 radical (unpaired) electrons. The highest BCUT2D eigenvalue weighted by Gasteiger charge is 2.44. The van der Waals surface area contributed by atoms with Crippen molar-refractivity contribution in [1.29, 1.82) is 0 Å². The molecule has 0 aliphatic rings. The zero-order valence-corrected chi connectivity index (χ0v) is 18.3. The largest absolute Gasteiger partial charge is 0.384 e. The first kappa shape index (κ1) is 23.8. The number of hydrogen-bond donors (Lipinski definition) is 3. The van der Waals surface area contributed by atoms with Crippen LogP contribution in [0.1, 0.15) is 85.3 Å². The normalized spacial score (nSPS) is 16.3. The van der Waals surface area contributed by atoms with Gasteiger partial charge >= 0.3 is 0 Å². The van der Waals surface area contributed by atoms with Crippen molar-refractivity contribution in [3.8, 4) is 0 Å². The third kappa shape index (κ3) is 6.13. The van der Waals surface area contributed by atoms with E-state index in [1.54, 1.807) is 0 Å². The summed E-state index contributed by atoms with van der Waals surface area (Å²) in [5, 5.41) is 11.7. The van der Waals surface area contributed by atoms with Gasteiger partial charge in [0, 0.05) is 12.3 Å². The molecule has 0 spiro atoms. The molecule has 1 aromatic carbocycles. The predicted octanol–water partition coefficient (Wildman–Crippen LogP) is 4.23. The monoisotopic (exact) mass is 376 g/mol. The number of hydrogen-bond acceptors (Lipinski definition) is 4. The quantitative estimate of drug-likeness (QED) is 0.592. The Hall–Kier alpha value is -1.23. The molecular formula is C23H40N2O2. The average Bonchev–Trinajstić information content (AvgIpc) is 2.52. The van der Waals surface area contributed by atoms with Gasteiger partial charge in [-0.15, -0.1) is 0 Å². The van der Waals surface area contributed by atoms with Gasteiger partial charge < -0.3 is 16.6 Å². The summed E-state index contributed by atoms with van der Waals surface area (Å²) >= 11 is 0. The van der Waals surface area contributed by atoms with Crippen LogP contribution >= 0.6 is 0 Å². The van der Waals surface area contributed by atoms with Crippen molar-refractivity contribution in [2.24, 2.45) is 22.8 Å². The molecule has 0 heterocycles. The number of ketones is 1. The maximum atomic E-state index is 13.1. The summed E-state index contributed by atoms with van der Waals surface area (Å²) in [6.07, 6.45) is 1.64. The molecule has 1 rings (SSSR count). The smallest absolute Gasteiger partial charge is 0.139 e. The van der Waals surface area contributed by atoms with Crippen LogP contribution in [0.3, 0.4) is 0 Å². The maximum absolute atomic E-state index is 13.1. The number of carbonyl (C=O) groups is 1. The van der Waals surface area contributed by atoms with Gasteiger partial charge in [0.25, 0.3) is 0 Å². The van der Waals surface area contributed by atoms with E-state index >= 15 is 0 Å². The van der Waals surface area contributed by atoms with Crippen LogP contribution in [0.25, 0.3) is 0 Å². The molecule has 1 aromatic rings. The molecule has 0 aliphatic heterocycles. The lowest BCUT2D eigenvalue weighted by Crippen LogP contribution is -2.44. The van der Waals surface area contributed by atoms with E-state index in [0.717, 1.165) is 24.0 Å². The molecule has 0 aromatic heterocycles. The average molecular weight is 377 g/mol. The highest BCUT2D eigenvalue weighted by molar-refractivity contribution is 5.82. The van der Waals surface area contributed by atoms with Crippen molar-refractivity contribution in [1.82, 2.24) is 0 Å². The number of aliphatic hydroxyl groups is 1. The van der Waals surface area contributed by atoms with Crippen molar-refractivity contribution in [3.05, 3.63) is 35.4 Å². The van der Waals surface area contributed by atoms with E-state index in [4.69, 9.17) is 11.5 Å². The fourth-order valence-corrected chi connectivity index (χ4v) is 3.53. The predicted molar refractivity (Wildman–Crippen MR) is 113 cm³/mol. The molecule has 27 heavy (non-hydrogen) atoms. The van der Waals surface area contributed by atoms with Crippen molar-refractivity contribution in [2.75, 3.05) is 0 Å². The molecule has 0 saturated heterocycles. The molecule has 0 amide bonds. The summed E-state index contributed by atoms with van der Waals surface area (Å²) < 4.78 is 0. The number of rotatable bonds is 8. The van der Waals surface area contributed by atoms with Crippen LogP contribution in [-0.2, 0) is 15.8 Å². The second kappa shape index (κ2) is 8.85. The van der Waals surface area contributed by atoms with Crippen molar-refractivity contribution < 1.29 is 9.90 Å². The minimum Gasteiger partial charge on any atom is -0.384 e. The molecule has 4 nitrogen and oxygen atoms in total. The Morgan fingerprint density at radius 2 is 1.63 bits per heavy atom. The van der Waals surface area contributed by atoms with Gasteiger partial charge in [0.1, 0.15) is 11.4 Å². The van der Waals surface area contributed by atoms with Gasteiger partial charge in [-0.1, -0.05) is 79.2 Å². The zero-order chi connectivity index (χ0) is 21.0. The van der Waals surface area contributed by atoms with Crippen LogP contribution in [-0.4, -0.2) is 17.1 Å². The second-order valence-corrected chi connectivity index (χ2v) is 9.97. The number of nitrogens with two attached hydrogens (primary N) is 2. The molecular weight excluding hydrogens is 336 g/mol. The zero-order valence-electron chi connectivity index (χ0n) is 18.3. The Kier molecular flexibility index (Phi) is 7.80. The SMILES string of the molecule is CCCC(CC(N)N)C(=O)CC(O)(c1cccc(C(C)(C)C)c1)C(C)(C)C. The summed E-state index contributed by atoms with van der Waals surface area (Å²) in [6, 6.07) is 8.01. The first-order chi connectivity index (χ1) is 12.2. The van der Waals surface area contributed by atoms with Gasteiger partial charge in [-0.3, -0.25) is 4.79 Å². The summed E-state index contributed by atoms with van der Waals surface area (Å²) in [5.41, 5.74) is 11.7. The van der Waals surface area contributed by atoms with Gasteiger partial charge in [0.05, 0.1) is 6.17 Å². The van der Waals surface area contributed by atoms with Gasteiger partial charge in [-0.05, 0) is 34.8 Å². The molecule has 0 bridgehead atoms. The first-order valence-electron chi connectivity index (χ1n) is 10.1. The molecule has 0 aliphatic carbocycles. The van der Waals surface area contributed by atoms with Gasteiger partial charge in [-0.25, -0.2) is 0 Å². The van der Waals surface area contributed by atoms with E-state index in [9.17, 15) is 9.90 Å². The highest BCUT2D eigenvalue weighted by Crippen LogP contribution is 2.44. The van der Waals surface area contributed by atoms with Crippen LogP contribution in [0.4, 0.5) is 0 Å². The van der Waals surface area contributed by atoms with E-state index in [-0.39, 0.29) is 23.5 Å². The number of carbonyl (C=O) groups excluding carboxylic acids is 1. The second-order valence-electron chi connectivity index (χ2n) is 9.97. The number of Topliss-reactive ketones (excluding diaryl/α,β-unsaturated/α-hetero) is 1.